The largest absolute Gasteiger partial charge is 0.300 e. The summed E-state index contributed by atoms with van der Waals surface area (Å²) in [4.78, 5) is 31.3. The van der Waals surface area contributed by atoms with Crippen LogP contribution in [-0.4, -0.2) is 16.7 Å². The highest BCUT2D eigenvalue weighted by molar-refractivity contribution is 7.09. The minimum atomic E-state index is -0.461. The number of carbonyl (C=O) groups excluding carboxylic acids is 2. The van der Waals surface area contributed by atoms with E-state index >= 15 is 0 Å². The number of hydrogen-bond donors (Lipinski definition) is 0. The van der Waals surface area contributed by atoms with Crippen molar-refractivity contribution in [2.45, 2.75) is 6.54 Å². The fourth-order valence-electron chi connectivity index (χ4n) is 2.73. The van der Waals surface area contributed by atoms with Gasteiger partial charge in [-0.3, -0.25) is 19.5 Å². The van der Waals surface area contributed by atoms with Crippen molar-refractivity contribution in [3.63, 3.8) is 0 Å². The molecule has 0 bridgehead atoms. The van der Waals surface area contributed by atoms with E-state index in [-0.39, 0.29) is 0 Å². The third-order valence-corrected chi connectivity index (χ3v) is 4.72. The molecule has 5 heteroatoms. The zero-order valence-corrected chi connectivity index (χ0v) is 12.9. The average Bonchev–Trinajstić information content (AvgIpc) is 3.19. The van der Waals surface area contributed by atoms with Gasteiger partial charge >= 0.3 is 0 Å². The summed E-state index contributed by atoms with van der Waals surface area (Å²) in [5.41, 5.74) is 2.96. The van der Waals surface area contributed by atoms with Gasteiger partial charge in [-0.15, -0.1) is 11.3 Å². The molecule has 0 radical (unpaired) electrons. The monoisotopic (exact) mass is 320 g/mol. The van der Waals surface area contributed by atoms with Crippen molar-refractivity contribution in [2.75, 3.05) is 4.90 Å². The lowest BCUT2D eigenvalue weighted by atomic mass is 10.0. The normalized spacial score (nSPS) is 13.5. The molecule has 0 unspecified atom stereocenters. The van der Waals surface area contributed by atoms with E-state index in [1.807, 2.05) is 41.8 Å². The molecule has 1 aromatic carbocycles. The third kappa shape index (κ3) is 2.35. The summed E-state index contributed by atoms with van der Waals surface area (Å²) in [6, 6.07) is 13.2. The van der Waals surface area contributed by atoms with Crippen LogP contribution in [-0.2, 0) is 11.3 Å². The van der Waals surface area contributed by atoms with Crippen molar-refractivity contribution < 1.29 is 9.59 Å². The van der Waals surface area contributed by atoms with Crippen LogP contribution in [0.3, 0.4) is 0 Å². The van der Waals surface area contributed by atoms with Gasteiger partial charge in [-0.1, -0.05) is 18.2 Å². The van der Waals surface area contributed by atoms with Gasteiger partial charge in [0, 0.05) is 22.8 Å². The number of thiophene rings is 1. The molecule has 4 rings (SSSR count). The van der Waals surface area contributed by atoms with Crippen molar-refractivity contribution >= 4 is 28.7 Å². The number of fused-ring (bicyclic) bond motifs is 1. The number of nitrogens with zero attached hydrogens (tertiary/aromatic N) is 2. The summed E-state index contributed by atoms with van der Waals surface area (Å²) in [6.07, 6.45) is 3.45. The SMILES string of the molecule is O=C1C(=O)N(Cc2cccs2)c2ccc(-c3cccnc3)cc21. The van der Waals surface area contributed by atoms with Crippen molar-refractivity contribution in [1.29, 1.82) is 0 Å². The van der Waals surface area contributed by atoms with Crippen molar-refractivity contribution in [1.82, 2.24) is 4.98 Å². The molecule has 1 aliphatic heterocycles. The Morgan fingerprint density at radius 3 is 2.70 bits per heavy atom. The van der Waals surface area contributed by atoms with Crippen LogP contribution in [0.15, 0.2) is 60.2 Å². The number of pyridine rings is 1. The molecule has 23 heavy (non-hydrogen) atoms. The molecule has 0 fully saturated rings. The highest BCUT2D eigenvalue weighted by atomic mass is 32.1. The molecular formula is C18H12N2O2S. The summed E-state index contributed by atoms with van der Waals surface area (Å²) in [5, 5.41) is 1.96. The number of aromatic nitrogens is 1. The third-order valence-electron chi connectivity index (χ3n) is 3.86. The van der Waals surface area contributed by atoms with E-state index in [4.69, 9.17) is 0 Å². The molecule has 2 aromatic heterocycles. The van der Waals surface area contributed by atoms with E-state index in [9.17, 15) is 9.59 Å². The number of benzene rings is 1. The first-order valence-electron chi connectivity index (χ1n) is 7.17. The maximum atomic E-state index is 12.3. The van der Waals surface area contributed by atoms with Gasteiger partial charge in [0.2, 0.25) is 0 Å². The lowest BCUT2D eigenvalue weighted by molar-refractivity contribution is -0.114. The van der Waals surface area contributed by atoms with E-state index in [0.29, 0.717) is 17.8 Å². The zero-order valence-electron chi connectivity index (χ0n) is 12.1. The molecule has 1 amide bonds. The van der Waals surface area contributed by atoms with Crippen LogP contribution in [0, 0.1) is 0 Å². The maximum absolute atomic E-state index is 12.3. The van der Waals surface area contributed by atoms with Crippen LogP contribution in [0.5, 0.6) is 0 Å². The van der Waals surface area contributed by atoms with Crippen molar-refractivity contribution in [3.8, 4) is 11.1 Å². The van der Waals surface area contributed by atoms with Crippen LogP contribution < -0.4 is 4.90 Å². The molecule has 3 aromatic rings. The molecule has 0 spiro atoms. The number of ketones is 1. The van der Waals surface area contributed by atoms with E-state index in [1.54, 1.807) is 34.7 Å². The van der Waals surface area contributed by atoms with Gasteiger partial charge in [-0.25, -0.2) is 0 Å². The highest BCUT2D eigenvalue weighted by Gasteiger charge is 2.36. The number of hydrogen-bond acceptors (Lipinski definition) is 4. The minimum Gasteiger partial charge on any atom is -0.300 e. The van der Waals surface area contributed by atoms with E-state index in [0.717, 1.165) is 16.0 Å². The Morgan fingerprint density at radius 2 is 1.96 bits per heavy atom. The summed E-state index contributed by atoms with van der Waals surface area (Å²) in [6.45, 7) is 0.432. The molecule has 0 atom stereocenters. The number of amides is 1. The van der Waals surface area contributed by atoms with Gasteiger partial charge in [0.05, 0.1) is 17.8 Å². The fraction of sp³-hybridized carbons (Fsp3) is 0.0556. The van der Waals surface area contributed by atoms with Gasteiger partial charge in [0.25, 0.3) is 11.7 Å². The molecule has 0 saturated carbocycles. The lowest BCUT2D eigenvalue weighted by Crippen LogP contribution is -2.28. The van der Waals surface area contributed by atoms with Gasteiger partial charge in [0.1, 0.15) is 0 Å². The van der Waals surface area contributed by atoms with Crippen LogP contribution in [0.4, 0.5) is 5.69 Å². The number of carbonyl (C=O) groups is 2. The summed E-state index contributed by atoms with van der Waals surface area (Å²) in [7, 11) is 0. The van der Waals surface area contributed by atoms with Gasteiger partial charge in [0.15, 0.2) is 0 Å². The molecule has 112 valence electrons. The van der Waals surface area contributed by atoms with E-state index < -0.39 is 11.7 Å². The quantitative estimate of drug-likeness (QED) is 0.694. The average molecular weight is 320 g/mol. The smallest absolute Gasteiger partial charge is 0.299 e. The maximum Gasteiger partial charge on any atom is 0.299 e. The number of rotatable bonds is 3. The standard InChI is InChI=1S/C18H12N2O2S/c21-17-15-9-12(13-3-1-7-19-10-13)5-6-16(15)20(18(17)22)11-14-4-2-8-23-14/h1-10H,11H2. The molecule has 4 nitrogen and oxygen atoms in total. The van der Waals surface area contributed by atoms with Gasteiger partial charge < -0.3 is 0 Å². The van der Waals surface area contributed by atoms with Crippen molar-refractivity contribution in [2.24, 2.45) is 0 Å². The summed E-state index contributed by atoms with van der Waals surface area (Å²) in [5.74, 6) is -0.904. The first-order chi connectivity index (χ1) is 11.2. The summed E-state index contributed by atoms with van der Waals surface area (Å²) < 4.78 is 0. The molecule has 1 aliphatic rings. The molecular weight excluding hydrogens is 308 g/mol. The Hall–Kier alpha value is -2.79. The first-order valence-corrected chi connectivity index (χ1v) is 8.05. The van der Waals surface area contributed by atoms with Gasteiger partial charge in [-0.2, -0.15) is 0 Å². The Labute approximate surface area is 137 Å². The Balaban J connectivity index is 1.74. The molecule has 3 heterocycles. The van der Waals surface area contributed by atoms with E-state index in [1.165, 1.54) is 0 Å². The second-order valence-electron chi connectivity index (χ2n) is 5.27. The highest BCUT2D eigenvalue weighted by Crippen LogP contribution is 2.34. The van der Waals surface area contributed by atoms with Crippen LogP contribution >= 0.6 is 11.3 Å². The Morgan fingerprint density at radius 1 is 1.04 bits per heavy atom. The number of anilines is 1. The first kappa shape index (κ1) is 13.8. The van der Waals surface area contributed by atoms with Gasteiger partial charge in [-0.05, 0) is 35.2 Å². The topological polar surface area (TPSA) is 50.3 Å². The Bertz CT molecular complexity index is 889. The van der Waals surface area contributed by atoms with Crippen LogP contribution in [0.25, 0.3) is 11.1 Å². The molecule has 0 N–H and O–H groups in total. The second kappa shape index (κ2) is 5.44. The molecule has 0 saturated heterocycles. The molecule has 0 aliphatic carbocycles. The minimum absolute atomic E-state index is 0.432. The van der Waals surface area contributed by atoms with Crippen LogP contribution in [0.1, 0.15) is 15.2 Å². The number of Topliss-reactive ketones (excluding diaryl/α,β-unsaturated/α-hetero) is 1. The zero-order chi connectivity index (χ0) is 15.8. The summed E-state index contributed by atoms with van der Waals surface area (Å²) >= 11 is 1.57. The Kier molecular flexibility index (Phi) is 3.28. The fourth-order valence-corrected chi connectivity index (χ4v) is 3.42. The predicted molar refractivity (Wildman–Crippen MR) is 89.5 cm³/mol. The van der Waals surface area contributed by atoms with Crippen molar-refractivity contribution in [3.05, 3.63) is 70.7 Å². The lowest BCUT2D eigenvalue weighted by Gasteiger charge is -2.15. The second-order valence-corrected chi connectivity index (χ2v) is 6.31. The van der Waals surface area contributed by atoms with E-state index in [2.05, 4.69) is 4.98 Å². The van der Waals surface area contributed by atoms with Crippen LogP contribution in [0.2, 0.25) is 0 Å². The predicted octanol–water partition coefficient (Wildman–Crippen LogP) is 3.54.